The summed E-state index contributed by atoms with van der Waals surface area (Å²) in [6.07, 6.45) is -0.656. The number of benzene rings is 2. The van der Waals surface area contributed by atoms with Crippen molar-refractivity contribution in [2.24, 2.45) is 0 Å². The second-order valence-corrected chi connectivity index (χ2v) is 5.96. The maximum absolute atomic E-state index is 12.2. The molecule has 0 saturated heterocycles. The van der Waals surface area contributed by atoms with Gasteiger partial charge in [-0.1, -0.05) is 35.3 Å². The van der Waals surface area contributed by atoms with E-state index in [-0.39, 0.29) is 5.91 Å². The number of amides is 1. The summed E-state index contributed by atoms with van der Waals surface area (Å²) in [6, 6.07) is 10.9. The molecule has 0 aliphatic rings. The summed E-state index contributed by atoms with van der Waals surface area (Å²) in [4.78, 5) is 12.2. The Hall–Kier alpha value is -1.71. The van der Waals surface area contributed by atoms with E-state index in [0.29, 0.717) is 21.5 Å². The number of halogens is 2. The highest BCUT2D eigenvalue weighted by Gasteiger charge is 2.17. The fourth-order valence-electron chi connectivity index (χ4n) is 2.09. The van der Waals surface area contributed by atoms with Gasteiger partial charge in [0.05, 0.1) is 15.7 Å². The van der Waals surface area contributed by atoms with Gasteiger partial charge in [-0.25, -0.2) is 0 Å². The quantitative estimate of drug-likeness (QED) is 0.850. The first kappa shape index (κ1) is 16.7. The van der Waals surface area contributed by atoms with E-state index in [9.17, 15) is 4.79 Å². The Labute approximate surface area is 140 Å². The molecule has 0 heterocycles. The molecular formula is C17H17Cl2NO2. The minimum absolute atomic E-state index is 0.289. The Balaban J connectivity index is 2.07. The van der Waals surface area contributed by atoms with Crippen LogP contribution in [-0.2, 0) is 4.79 Å². The molecule has 5 heteroatoms. The first-order chi connectivity index (χ1) is 10.4. The molecule has 2 aromatic carbocycles. The molecule has 0 fully saturated rings. The molecule has 0 aromatic heterocycles. The fourth-order valence-corrected chi connectivity index (χ4v) is 2.44. The van der Waals surface area contributed by atoms with Crippen LogP contribution in [0.5, 0.6) is 5.75 Å². The highest BCUT2D eigenvalue weighted by atomic mass is 35.5. The van der Waals surface area contributed by atoms with Gasteiger partial charge >= 0.3 is 0 Å². The first-order valence-corrected chi connectivity index (χ1v) is 7.62. The number of carbonyl (C=O) groups is 1. The minimum Gasteiger partial charge on any atom is -0.481 e. The summed E-state index contributed by atoms with van der Waals surface area (Å²) in [7, 11) is 0. The summed E-state index contributed by atoms with van der Waals surface area (Å²) in [6.45, 7) is 5.65. The molecule has 1 atom stereocenters. The van der Waals surface area contributed by atoms with Crippen molar-refractivity contribution in [2.75, 3.05) is 5.32 Å². The number of anilines is 1. The molecule has 22 heavy (non-hydrogen) atoms. The third-order valence-corrected chi connectivity index (χ3v) is 3.91. The molecule has 2 rings (SSSR count). The summed E-state index contributed by atoms with van der Waals surface area (Å²) in [5.74, 6) is 0.376. The molecule has 0 aliphatic carbocycles. The SMILES string of the molecule is Cc1cc(C)cc(O[C@@H](C)C(=O)Nc2cccc(Cl)c2Cl)c1. The standard InChI is InChI=1S/C17H17Cl2NO2/c1-10-7-11(2)9-13(8-10)22-12(3)17(21)20-15-6-4-5-14(18)16(15)19/h4-9,12H,1-3H3,(H,20,21)/t12-/m0/s1. The maximum Gasteiger partial charge on any atom is 0.265 e. The molecule has 3 nitrogen and oxygen atoms in total. The molecule has 116 valence electrons. The van der Waals surface area contributed by atoms with Crippen molar-refractivity contribution in [3.63, 3.8) is 0 Å². The van der Waals surface area contributed by atoms with Gasteiger partial charge in [-0.2, -0.15) is 0 Å². The summed E-state index contributed by atoms with van der Waals surface area (Å²) >= 11 is 12.0. The van der Waals surface area contributed by atoms with Gasteiger partial charge in [-0.05, 0) is 56.2 Å². The van der Waals surface area contributed by atoms with E-state index in [1.54, 1.807) is 25.1 Å². The third-order valence-electron chi connectivity index (χ3n) is 3.09. The van der Waals surface area contributed by atoms with Crippen molar-refractivity contribution in [3.8, 4) is 5.75 Å². The molecule has 0 saturated carbocycles. The number of carbonyl (C=O) groups excluding carboxylic acids is 1. The lowest BCUT2D eigenvalue weighted by molar-refractivity contribution is -0.122. The van der Waals surface area contributed by atoms with Gasteiger partial charge in [0.15, 0.2) is 6.10 Å². The van der Waals surface area contributed by atoms with Gasteiger partial charge in [0.2, 0.25) is 0 Å². The molecule has 0 aliphatic heterocycles. The van der Waals surface area contributed by atoms with Gasteiger partial charge in [-0.3, -0.25) is 4.79 Å². The number of rotatable bonds is 4. The predicted molar refractivity (Wildman–Crippen MR) is 91.1 cm³/mol. The number of ether oxygens (including phenoxy) is 1. The van der Waals surface area contributed by atoms with Crippen molar-refractivity contribution in [3.05, 3.63) is 57.6 Å². The first-order valence-electron chi connectivity index (χ1n) is 6.86. The lowest BCUT2D eigenvalue weighted by atomic mass is 10.1. The number of hydrogen-bond acceptors (Lipinski definition) is 2. The van der Waals surface area contributed by atoms with E-state index in [1.165, 1.54) is 0 Å². The Kier molecular flexibility index (Phi) is 5.33. The molecule has 2 aromatic rings. The van der Waals surface area contributed by atoms with E-state index in [4.69, 9.17) is 27.9 Å². The molecule has 0 spiro atoms. The van der Waals surface area contributed by atoms with Crippen molar-refractivity contribution in [2.45, 2.75) is 26.9 Å². The summed E-state index contributed by atoms with van der Waals surface area (Å²) in [5, 5.41) is 3.43. The molecule has 1 amide bonds. The topological polar surface area (TPSA) is 38.3 Å². The number of hydrogen-bond donors (Lipinski definition) is 1. The van der Waals surface area contributed by atoms with Crippen LogP contribution in [0.3, 0.4) is 0 Å². The van der Waals surface area contributed by atoms with Gasteiger partial charge < -0.3 is 10.1 Å². The minimum atomic E-state index is -0.656. The zero-order valence-corrected chi connectivity index (χ0v) is 14.1. The highest BCUT2D eigenvalue weighted by Crippen LogP contribution is 2.29. The Morgan fingerprint density at radius 3 is 2.41 bits per heavy atom. The number of aryl methyl sites for hydroxylation is 2. The summed E-state index contributed by atoms with van der Waals surface area (Å²) < 4.78 is 5.69. The molecule has 0 radical (unpaired) electrons. The number of nitrogens with one attached hydrogen (secondary N) is 1. The van der Waals surface area contributed by atoms with Gasteiger partial charge in [0, 0.05) is 0 Å². The summed E-state index contributed by atoms with van der Waals surface area (Å²) in [5.41, 5.74) is 2.64. The van der Waals surface area contributed by atoms with Crippen LogP contribution >= 0.6 is 23.2 Å². The third kappa shape index (κ3) is 4.15. The molecule has 0 unspecified atom stereocenters. The Morgan fingerprint density at radius 1 is 1.14 bits per heavy atom. The Morgan fingerprint density at radius 2 is 1.77 bits per heavy atom. The predicted octanol–water partition coefficient (Wildman–Crippen LogP) is 5.02. The zero-order chi connectivity index (χ0) is 16.3. The highest BCUT2D eigenvalue weighted by molar-refractivity contribution is 6.44. The van der Waals surface area contributed by atoms with Crippen LogP contribution < -0.4 is 10.1 Å². The van der Waals surface area contributed by atoms with Gasteiger partial charge in [-0.15, -0.1) is 0 Å². The van der Waals surface area contributed by atoms with Crippen LogP contribution in [0.4, 0.5) is 5.69 Å². The van der Waals surface area contributed by atoms with Crippen molar-refractivity contribution < 1.29 is 9.53 Å². The van der Waals surface area contributed by atoms with E-state index in [1.807, 2.05) is 32.0 Å². The van der Waals surface area contributed by atoms with Crippen LogP contribution in [0.2, 0.25) is 10.0 Å². The van der Waals surface area contributed by atoms with Crippen molar-refractivity contribution in [1.29, 1.82) is 0 Å². The lowest BCUT2D eigenvalue weighted by Crippen LogP contribution is -2.30. The molecular weight excluding hydrogens is 321 g/mol. The van der Waals surface area contributed by atoms with Crippen molar-refractivity contribution in [1.82, 2.24) is 0 Å². The Bertz CT molecular complexity index is 681. The fraction of sp³-hybridized carbons (Fsp3) is 0.235. The largest absolute Gasteiger partial charge is 0.481 e. The smallest absolute Gasteiger partial charge is 0.265 e. The lowest BCUT2D eigenvalue weighted by Gasteiger charge is -2.16. The van der Waals surface area contributed by atoms with E-state index < -0.39 is 6.10 Å². The average molecular weight is 338 g/mol. The van der Waals surface area contributed by atoms with E-state index in [0.717, 1.165) is 11.1 Å². The van der Waals surface area contributed by atoms with Crippen LogP contribution in [0, 0.1) is 13.8 Å². The van der Waals surface area contributed by atoms with E-state index in [2.05, 4.69) is 5.32 Å². The van der Waals surface area contributed by atoms with Crippen molar-refractivity contribution >= 4 is 34.8 Å². The zero-order valence-electron chi connectivity index (χ0n) is 12.6. The van der Waals surface area contributed by atoms with E-state index >= 15 is 0 Å². The molecule has 0 bridgehead atoms. The van der Waals surface area contributed by atoms with Crippen LogP contribution in [-0.4, -0.2) is 12.0 Å². The van der Waals surface area contributed by atoms with Crippen LogP contribution in [0.15, 0.2) is 36.4 Å². The van der Waals surface area contributed by atoms with Gasteiger partial charge in [0.1, 0.15) is 5.75 Å². The normalized spacial score (nSPS) is 11.9. The van der Waals surface area contributed by atoms with Crippen LogP contribution in [0.1, 0.15) is 18.1 Å². The monoisotopic (exact) mass is 337 g/mol. The maximum atomic E-state index is 12.2. The van der Waals surface area contributed by atoms with Crippen LogP contribution in [0.25, 0.3) is 0 Å². The second-order valence-electron chi connectivity index (χ2n) is 5.17. The average Bonchev–Trinajstić information content (AvgIpc) is 2.42. The second kappa shape index (κ2) is 7.03. The van der Waals surface area contributed by atoms with Gasteiger partial charge in [0.25, 0.3) is 5.91 Å². The molecule has 1 N–H and O–H groups in total.